The molecule has 0 spiro atoms. The van der Waals surface area contributed by atoms with Crippen LogP contribution in [0.2, 0.25) is 0 Å². The third-order valence-electron chi connectivity index (χ3n) is 5.41. The van der Waals surface area contributed by atoms with Gasteiger partial charge in [-0.15, -0.1) is 0 Å². The quantitative estimate of drug-likeness (QED) is 0.850. The van der Waals surface area contributed by atoms with E-state index in [1.165, 1.54) is 12.8 Å². The van der Waals surface area contributed by atoms with Crippen molar-refractivity contribution < 1.29 is 9.32 Å². The lowest BCUT2D eigenvalue weighted by atomic mass is 10.0. The Morgan fingerprint density at radius 3 is 2.60 bits per heavy atom. The van der Waals surface area contributed by atoms with Crippen molar-refractivity contribution in [2.45, 2.75) is 57.4 Å². The number of amides is 1. The third-order valence-corrected chi connectivity index (χ3v) is 5.41. The first-order valence-electron chi connectivity index (χ1n) is 9.37. The van der Waals surface area contributed by atoms with Crippen molar-refractivity contribution in [1.82, 2.24) is 20.0 Å². The summed E-state index contributed by atoms with van der Waals surface area (Å²) in [4.78, 5) is 23.7. The zero-order chi connectivity index (χ0) is 17.1. The molecule has 1 atom stereocenters. The van der Waals surface area contributed by atoms with E-state index in [0.717, 1.165) is 50.6 Å². The molecule has 4 rings (SSSR count). The summed E-state index contributed by atoms with van der Waals surface area (Å²) in [5, 5.41) is 4.13. The van der Waals surface area contributed by atoms with E-state index >= 15 is 0 Å². The van der Waals surface area contributed by atoms with E-state index in [4.69, 9.17) is 4.52 Å². The molecule has 1 aliphatic carbocycles. The molecule has 1 aliphatic heterocycles. The molecule has 6 heteroatoms. The van der Waals surface area contributed by atoms with Crippen molar-refractivity contribution in [3.05, 3.63) is 30.4 Å². The van der Waals surface area contributed by atoms with E-state index in [0.29, 0.717) is 11.7 Å². The van der Waals surface area contributed by atoms with Crippen molar-refractivity contribution in [3.8, 4) is 11.4 Å². The van der Waals surface area contributed by atoms with Gasteiger partial charge >= 0.3 is 0 Å². The molecule has 1 unspecified atom stereocenters. The van der Waals surface area contributed by atoms with E-state index in [1.807, 2.05) is 17.0 Å². The molecule has 1 saturated heterocycles. The molecule has 2 fully saturated rings. The molecule has 6 nitrogen and oxygen atoms in total. The van der Waals surface area contributed by atoms with Gasteiger partial charge in [0, 0.05) is 30.4 Å². The molecule has 0 aromatic carbocycles. The van der Waals surface area contributed by atoms with Crippen LogP contribution in [0.15, 0.2) is 29.0 Å². The molecular formula is C19H24N4O2. The molecule has 0 N–H and O–H groups in total. The van der Waals surface area contributed by atoms with Gasteiger partial charge in [0.25, 0.3) is 0 Å². The second-order valence-electron chi connectivity index (χ2n) is 7.07. The minimum atomic E-state index is -0.0845. The first kappa shape index (κ1) is 16.2. The number of pyridine rings is 1. The van der Waals surface area contributed by atoms with Crippen LogP contribution in [0.3, 0.4) is 0 Å². The fraction of sp³-hybridized carbons (Fsp3) is 0.579. The average Bonchev–Trinajstić information content (AvgIpc) is 3.30. The summed E-state index contributed by atoms with van der Waals surface area (Å²) >= 11 is 0. The van der Waals surface area contributed by atoms with Crippen LogP contribution in [0.4, 0.5) is 0 Å². The molecule has 2 aromatic rings. The summed E-state index contributed by atoms with van der Waals surface area (Å²) in [6.45, 7) is 0.799. The molecule has 0 radical (unpaired) electrons. The van der Waals surface area contributed by atoms with Gasteiger partial charge in [0.15, 0.2) is 0 Å². The minimum absolute atomic E-state index is 0.0845. The number of hydrogen-bond acceptors (Lipinski definition) is 5. The van der Waals surface area contributed by atoms with Crippen molar-refractivity contribution >= 4 is 5.91 Å². The van der Waals surface area contributed by atoms with Gasteiger partial charge in [0.2, 0.25) is 17.6 Å². The van der Waals surface area contributed by atoms with Crippen LogP contribution < -0.4 is 0 Å². The maximum atomic E-state index is 13.0. The number of rotatable bonds is 3. The smallest absolute Gasteiger partial charge is 0.249 e. The van der Waals surface area contributed by atoms with Crippen LogP contribution in [0.5, 0.6) is 0 Å². The zero-order valence-corrected chi connectivity index (χ0v) is 14.4. The van der Waals surface area contributed by atoms with E-state index in [2.05, 4.69) is 15.1 Å². The zero-order valence-electron chi connectivity index (χ0n) is 14.4. The van der Waals surface area contributed by atoms with Crippen LogP contribution in [-0.4, -0.2) is 32.5 Å². The molecule has 2 aliphatic rings. The largest absolute Gasteiger partial charge is 0.337 e. The van der Waals surface area contributed by atoms with Crippen LogP contribution in [0, 0.1) is 5.92 Å². The summed E-state index contributed by atoms with van der Waals surface area (Å²) in [5.41, 5.74) is 0.882. The summed E-state index contributed by atoms with van der Waals surface area (Å²) in [5.74, 6) is 1.60. The summed E-state index contributed by atoms with van der Waals surface area (Å²) in [6.07, 6.45) is 12.0. The van der Waals surface area contributed by atoms with Crippen LogP contribution in [-0.2, 0) is 4.79 Å². The summed E-state index contributed by atoms with van der Waals surface area (Å²) < 4.78 is 5.58. The van der Waals surface area contributed by atoms with Crippen molar-refractivity contribution in [2.75, 3.05) is 6.54 Å². The van der Waals surface area contributed by atoms with Crippen LogP contribution in [0.25, 0.3) is 11.4 Å². The molecule has 1 saturated carbocycles. The summed E-state index contributed by atoms with van der Waals surface area (Å²) in [6, 6.07) is 3.64. The lowest BCUT2D eigenvalue weighted by Crippen LogP contribution is -2.38. The molecular weight excluding hydrogens is 316 g/mol. The van der Waals surface area contributed by atoms with Crippen LogP contribution in [0.1, 0.15) is 63.3 Å². The standard InChI is InChI=1S/C19H24N4O2/c24-19(15-6-3-4-7-15)23-13-5-1-2-8-16(23)18-21-17(22-25-18)14-9-11-20-12-10-14/h9-12,15-16H,1-8,13H2. The first-order chi connectivity index (χ1) is 12.3. The average molecular weight is 340 g/mol. The Balaban J connectivity index is 1.59. The second kappa shape index (κ2) is 7.33. The summed E-state index contributed by atoms with van der Waals surface area (Å²) in [7, 11) is 0. The number of aromatic nitrogens is 3. The maximum absolute atomic E-state index is 13.0. The molecule has 2 aromatic heterocycles. The number of carbonyl (C=O) groups excluding carboxylic acids is 1. The SMILES string of the molecule is O=C(C1CCCC1)N1CCCCCC1c1nc(-c2ccncc2)no1. The number of nitrogens with zero attached hydrogens (tertiary/aromatic N) is 4. The van der Waals surface area contributed by atoms with Gasteiger partial charge in [0.05, 0.1) is 0 Å². The van der Waals surface area contributed by atoms with E-state index in [9.17, 15) is 4.79 Å². The number of carbonyl (C=O) groups is 1. The van der Waals surface area contributed by atoms with Gasteiger partial charge in [-0.2, -0.15) is 4.98 Å². The van der Waals surface area contributed by atoms with Crippen LogP contribution >= 0.6 is 0 Å². The Hall–Kier alpha value is -2.24. The molecule has 3 heterocycles. The van der Waals surface area contributed by atoms with Crippen molar-refractivity contribution in [2.24, 2.45) is 5.92 Å². The normalized spacial score (nSPS) is 22.1. The predicted molar refractivity (Wildman–Crippen MR) is 92.4 cm³/mol. The highest BCUT2D eigenvalue weighted by molar-refractivity contribution is 5.79. The Morgan fingerprint density at radius 1 is 1.04 bits per heavy atom. The van der Waals surface area contributed by atoms with Gasteiger partial charge in [-0.3, -0.25) is 9.78 Å². The Kier molecular flexibility index (Phi) is 4.76. The maximum Gasteiger partial charge on any atom is 0.249 e. The number of likely N-dealkylation sites (tertiary alicyclic amines) is 1. The number of hydrogen-bond donors (Lipinski definition) is 0. The van der Waals surface area contributed by atoms with E-state index in [1.54, 1.807) is 12.4 Å². The van der Waals surface area contributed by atoms with Crippen molar-refractivity contribution in [3.63, 3.8) is 0 Å². The highest BCUT2D eigenvalue weighted by Crippen LogP contribution is 2.34. The second-order valence-corrected chi connectivity index (χ2v) is 7.07. The van der Waals surface area contributed by atoms with Gasteiger partial charge in [-0.1, -0.05) is 30.8 Å². The lowest BCUT2D eigenvalue weighted by molar-refractivity contribution is -0.138. The topological polar surface area (TPSA) is 72.1 Å². The minimum Gasteiger partial charge on any atom is -0.337 e. The lowest BCUT2D eigenvalue weighted by Gasteiger charge is -2.29. The first-order valence-corrected chi connectivity index (χ1v) is 9.37. The van der Waals surface area contributed by atoms with E-state index < -0.39 is 0 Å². The van der Waals surface area contributed by atoms with Gasteiger partial charge in [-0.25, -0.2) is 0 Å². The Bertz CT molecular complexity index is 709. The highest BCUT2D eigenvalue weighted by Gasteiger charge is 2.35. The van der Waals surface area contributed by atoms with Gasteiger partial charge in [-0.05, 0) is 37.8 Å². The fourth-order valence-corrected chi connectivity index (χ4v) is 4.02. The molecule has 25 heavy (non-hydrogen) atoms. The highest BCUT2D eigenvalue weighted by atomic mass is 16.5. The molecule has 132 valence electrons. The molecule has 1 amide bonds. The van der Waals surface area contributed by atoms with Crippen molar-refractivity contribution in [1.29, 1.82) is 0 Å². The third kappa shape index (κ3) is 3.43. The fourth-order valence-electron chi connectivity index (χ4n) is 4.02. The van der Waals surface area contributed by atoms with Gasteiger partial charge in [0.1, 0.15) is 6.04 Å². The Labute approximate surface area is 147 Å². The monoisotopic (exact) mass is 340 g/mol. The molecule has 0 bridgehead atoms. The predicted octanol–water partition coefficient (Wildman–Crippen LogP) is 3.77. The van der Waals surface area contributed by atoms with E-state index in [-0.39, 0.29) is 17.9 Å². The van der Waals surface area contributed by atoms with Gasteiger partial charge < -0.3 is 9.42 Å². The Morgan fingerprint density at radius 2 is 1.80 bits per heavy atom.